The van der Waals surface area contributed by atoms with Crippen molar-refractivity contribution in [2.75, 3.05) is 26.2 Å². The van der Waals surface area contributed by atoms with Crippen LogP contribution in [0.2, 0.25) is 0 Å². The van der Waals surface area contributed by atoms with Gasteiger partial charge < -0.3 is 0 Å². The molecule has 0 saturated carbocycles. The molecule has 0 radical (unpaired) electrons. The first-order valence-electron chi connectivity index (χ1n) is 7.00. The third-order valence-corrected chi connectivity index (χ3v) is 7.99. The van der Waals surface area contributed by atoms with E-state index in [1.807, 2.05) is 6.07 Å². The van der Waals surface area contributed by atoms with Crippen molar-refractivity contribution >= 4 is 33.0 Å². The summed E-state index contributed by atoms with van der Waals surface area (Å²) in [7, 11) is -3.35. The summed E-state index contributed by atoms with van der Waals surface area (Å²) in [6, 6.07) is 3.90. The van der Waals surface area contributed by atoms with Crippen LogP contribution in [0.5, 0.6) is 0 Å². The van der Waals surface area contributed by atoms with Gasteiger partial charge in [-0.25, -0.2) is 8.42 Å². The van der Waals surface area contributed by atoms with E-state index in [1.165, 1.54) is 17.8 Å². The molecule has 7 heteroatoms. The SMILES string of the molecule is O=S(=O)(c1ccc(CCl)s1)N1CCCN2CCCC2C1. The van der Waals surface area contributed by atoms with Gasteiger partial charge in [0, 0.05) is 24.0 Å². The topological polar surface area (TPSA) is 40.6 Å². The first-order chi connectivity index (χ1) is 9.61. The lowest BCUT2D eigenvalue weighted by atomic mass is 10.2. The maximum absolute atomic E-state index is 12.7. The number of hydrogen-bond donors (Lipinski definition) is 0. The maximum Gasteiger partial charge on any atom is 0.252 e. The van der Waals surface area contributed by atoms with E-state index in [4.69, 9.17) is 11.6 Å². The molecule has 1 aromatic heterocycles. The zero-order chi connectivity index (χ0) is 14.2. The van der Waals surface area contributed by atoms with Crippen LogP contribution < -0.4 is 0 Å². The van der Waals surface area contributed by atoms with Crippen molar-refractivity contribution in [2.24, 2.45) is 0 Å². The minimum absolute atomic E-state index is 0.372. The van der Waals surface area contributed by atoms with Gasteiger partial charge in [-0.15, -0.1) is 22.9 Å². The van der Waals surface area contributed by atoms with Crippen LogP contribution in [0.4, 0.5) is 0 Å². The molecule has 1 atom stereocenters. The van der Waals surface area contributed by atoms with Crippen molar-refractivity contribution in [1.82, 2.24) is 9.21 Å². The molecule has 2 fully saturated rings. The van der Waals surface area contributed by atoms with Gasteiger partial charge in [0.05, 0.1) is 5.88 Å². The molecule has 0 aromatic carbocycles. The van der Waals surface area contributed by atoms with Gasteiger partial charge in [-0.3, -0.25) is 4.90 Å². The Morgan fingerprint density at radius 2 is 2.05 bits per heavy atom. The molecule has 0 amide bonds. The second-order valence-corrected chi connectivity index (χ2v) is 9.00. The van der Waals surface area contributed by atoms with Crippen LogP contribution in [-0.2, 0) is 15.9 Å². The highest BCUT2D eigenvalue weighted by molar-refractivity contribution is 7.91. The van der Waals surface area contributed by atoms with Gasteiger partial charge in [-0.2, -0.15) is 4.31 Å². The minimum atomic E-state index is -3.35. The smallest absolute Gasteiger partial charge is 0.252 e. The molecule has 3 rings (SSSR count). The van der Waals surface area contributed by atoms with Gasteiger partial charge in [-0.1, -0.05) is 0 Å². The summed E-state index contributed by atoms with van der Waals surface area (Å²) in [5.74, 6) is 0.372. The number of thiophene rings is 1. The van der Waals surface area contributed by atoms with E-state index in [0.29, 0.717) is 29.2 Å². The molecular weight excluding hydrogens is 316 g/mol. The summed E-state index contributed by atoms with van der Waals surface area (Å²) < 4.78 is 27.6. The average molecular weight is 335 g/mol. The van der Waals surface area contributed by atoms with E-state index in [2.05, 4.69) is 4.90 Å². The molecule has 112 valence electrons. The van der Waals surface area contributed by atoms with Gasteiger partial charge in [-0.05, 0) is 44.5 Å². The monoisotopic (exact) mass is 334 g/mol. The lowest BCUT2D eigenvalue weighted by molar-refractivity contribution is 0.257. The number of nitrogens with zero attached hydrogens (tertiary/aromatic N) is 2. The van der Waals surface area contributed by atoms with Crippen LogP contribution in [0.3, 0.4) is 0 Å². The van der Waals surface area contributed by atoms with Crippen molar-refractivity contribution < 1.29 is 8.42 Å². The third kappa shape index (κ3) is 2.76. The molecule has 0 aliphatic carbocycles. The molecule has 0 spiro atoms. The van der Waals surface area contributed by atoms with Crippen LogP contribution in [-0.4, -0.2) is 49.8 Å². The number of sulfonamides is 1. The normalized spacial score (nSPS) is 25.6. The number of alkyl halides is 1. The lowest BCUT2D eigenvalue weighted by Gasteiger charge is -2.24. The molecule has 3 heterocycles. The second-order valence-electron chi connectivity index (χ2n) is 5.40. The highest BCUT2D eigenvalue weighted by atomic mass is 35.5. The summed E-state index contributed by atoms with van der Waals surface area (Å²) in [5, 5.41) is 0. The fraction of sp³-hybridized carbons (Fsp3) is 0.692. The molecule has 2 saturated heterocycles. The highest BCUT2D eigenvalue weighted by Gasteiger charge is 2.34. The van der Waals surface area contributed by atoms with Gasteiger partial charge in [0.15, 0.2) is 0 Å². The van der Waals surface area contributed by atoms with E-state index in [0.717, 1.165) is 30.8 Å². The zero-order valence-electron chi connectivity index (χ0n) is 11.3. The fourth-order valence-electron chi connectivity index (χ4n) is 3.09. The first kappa shape index (κ1) is 14.8. The summed E-state index contributed by atoms with van der Waals surface area (Å²) in [6.45, 7) is 3.40. The Bertz CT molecular complexity index is 573. The van der Waals surface area contributed by atoms with E-state index in [-0.39, 0.29) is 0 Å². The molecular formula is C13H19ClN2O2S2. The van der Waals surface area contributed by atoms with E-state index < -0.39 is 10.0 Å². The third-order valence-electron chi connectivity index (χ3n) is 4.13. The van der Waals surface area contributed by atoms with Crippen LogP contribution in [0.15, 0.2) is 16.3 Å². The average Bonchev–Trinajstić information content (AvgIpc) is 3.04. The van der Waals surface area contributed by atoms with Gasteiger partial charge in [0.2, 0.25) is 0 Å². The Labute approximate surface area is 129 Å². The fourth-order valence-corrected chi connectivity index (χ4v) is 6.22. The van der Waals surface area contributed by atoms with Gasteiger partial charge in [0.25, 0.3) is 10.0 Å². The number of fused-ring (bicyclic) bond motifs is 1. The highest BCUT2D eigenvalue weighted by Crippen LogP contribution is 2.29. The molecule has 2 aliphatic heterocycles. The van der Waals surface area contributed by atoms with Crippen molar-refractivity contribution in [3.63, 3.8) is 0 Å². The maximum atomic E-state index is 12.7. The molecule has 2 aliphatic rings. The Hall–Kier alpha value is -0.140. The van der Waals surface area contributed by atoms with E-state index in [9.17, 15) is 8.42 Å². The van der Waals surface area contributed by atoms with E-state index in [1.54, 1.807) is 10.4 Å². The molecule has 20 heavy (non-hydrogen) atoms. The van der Waals surface area contributed by atoms with E-state index >= 15 is 0 Å². The molecule has 1 unspecified atom stereocenters. The quantitative estimate of drug-likeness (QED) is 0.797. The van der Waals surface area contributed by atoms with Crippen molar-refractivity contribution in [3.8, 4) is 0 Å². The summed E-state index contributed by atoms with van der Waals surface area (Å²) in [6.07, 6.45) is 3.22. The predicted octanol–water partition coefficient (Wildman–Crippen LogP) is 2.35. The number of hydrogen-bond acceptors (Lipinski definition) is 4. The minimum Gasteiger partial charge on any atom is -0.299 e. The Morgan fingerprint density at radius 3 is 2.80 bits per heavy atom. The number of rotatable bonds is 3. The Balaban J connectivity index is 1.82. The molecule has 0 bridgehead atoms. The van der Waals surface area contributed by atoms with Crippen molar-refractivity contribution in [2.45, 2.75) is 35.4 Å². The van der Waals surface area contributed by atoms with Crippen LogP contribution in [0.1, 0.15) is 24.1 Å². The van der Waals surface area contributed by atoms with Crippen LogP contribution in [0.25, 0.3) is 0 Å². The summed E-state index contributed by atoms with van der Waals surface area (Å²) >= 11 is 7.06. The lowest BCUT2D eigenvalue weighted by Crippen LogP contribution is -2.39. The van der Waals surface area contributed by atoms with Crippen LogP contribution in [0, 0.1) is 0 Å². The largest absolute Gasteiger partial charge is 0.299 e. The van der Waals surface area contributed by atoms with Crippen LogP contribution >= 0.6 is 22.9 Å². The molecule has 4 nitrogen and oxygen atoms in total. The summed E-state index contributed by atoms with van der Waals surface area (Å²) in [5.41, 5.74) is 0. The standard InChI is InChI=1S/C13H19ClN2O2S2/c14-9-12-4-5-13(19-12)20(17,18)16-8-2-7-15-6-1-3-11(15)10-16/h4-5,11H,1-3,6-10H2. The zero-order valence-corrected chi connectivity index (χ0v) is 13.7. The van der Waals surface area contributed by atoms with Crippen molar-refractivity contribution in [1.29, 1.82) is 0 Å². The Morgan fingerprint density at radius 1 is 1.25 bits per heavy atom. The Kier molecular flexibility index (Phi) is 4.38. The van der Waals surface area contributed by atoms with Gasteiger partial charge in [0.1, 0.15) is 4.21 Å². The molecule has 0 N–H and O–H groups in total. The second kappa shape index (κ2) is 5.93. The van der Waals surface area contributed by atoms with Crippen molar-refractivity contribution in [3.05, 3.63) is 17.0 Å². The number of halogens is 1. The predicted molar refractivity (Wildman–Crippen MR) is 81.8 cm³/mol. The van der Waals surface area contributed by atoms with Gasteiger partial charge >= 0.3 is 0 Å². The molecule has 1 aromatic rings. The first-order valence-corrected chi connectivity index (χ1v) is 9.79. The summed E-state index contributed by atoms with van der Waals surface area (Å²) in [4.78, 5) is 3.34.